The third-order valence-electron chi connectivity index (χ3n) is 3.64. The van der Waals surface area contributed by atoms with Gasteiger partial charge in [0.1, 0.15) is 0 Å². The molecule has 2 aromatic rings. The molecule has 0 spiro atoms. The van der Waals surface area contributed by atoms with Crippen molar-refractivity contribution in [2.24, 2.45) is 11.1 Å². The van der Waals surface area contributed by atoms with Crippen molar-refractivity contribution in [3.63, 3.8) is 0 Å². The normalized spacial score (nSPS) is 13.8. The molecule has 1 atom stereocenters. The summed E-state index contributed by atoms with van der Waals surface area (Å²) >= 11 is 0. The highest BCUT2D eigenvalue weighted by molar-refractivity contribution is 5.95. The van der Waals surface area contributed by atoms with Crippen LogP contribution in [0.3, 0.4) is 0 Å². The van der Waals surface area contributed by atoms with Crippen LogP contribution in [0.2, 0.25) is 0 Å². The van der Waals surface area contributed by atoms with Gasteiger partial charge in [0, 0.05) is 17.8 Å². The first kappa shape index (κ1) is 14.3. The number of anilines is 1. The largest absolute Gasteiger partial charge is 0.444 e. The summed E-state index contributed by atoms with van der Waals surface area (Å²) < 4.78 is 5.21. The quantitative estimate of drug-likeness (QED) is 0.877. The number of carbonyl (C=O) groups excluding carboxylic acids is 1. The Morgan fingerprint density at radius 2 is 2.10 bits per heavy atom. The van der Waals surface area contributed by atoms with E-state index in [1.165, 1.54) is 6.39 Å². The number of carbonyl (C=O) groups is 1. The van der Waals surface area contributed by atoms with Gasteiger partial charge in [-0.3, -0.25) is 4.79 Å². The number of nitrogens with two attached hydrogens (primary N) is 1. The number of hydrogen-bond donors (Lipinski definition) is 2. The Morgan fingerprint density at radius 1 is 1.40 bits per heavy atom. The van der Waals surface area contributed by atoms with Crippen molar-refractivity contribution < 1.29 is 9.21 Å². The number of amides is 1. The fourth-order valence-corrected chi connectivity index (χ4v) is 1.76. The summed E-state index contributed by atoms with van der Waals surface area (Å²) in [4.78, 5) is 16.1. The molecular formula is C15H19N3O2. The van der Waals surface area contributed by atoms with Gasteiger partial charge in [-0.1, -0.05) is 6.92 Å². The number of nitrogens with zero attached hydrogens (tertiary/aromatic N) is 1. The highest BCUT2D eigenvalue weighted by Gasteiger charge is 2.29. The summed E-state index contributed by atoms with van der Waals surface area (Å²) in [6.07, 6.45) is 3.74. The van der Waals surface area contributed by atoms with Crippen LogP contribution >= 0.6 is 0 Å². The highest BCUT2D eigenvalue weighted by Crippen LogP contribution is 2.24. The molecule has 3 N–H and O–H groups in total. The van der Waals surface area contributed by atoms with E-state index in [0.717, 1.165) is 11.3 Å². The zero-order chi connectivity index (χ0) is 14.6. The number of oxazole rings is 1. The molecule has 0 saturated carbocycles. The Balaban J connectivity index is 2.10. The van der Waals surface area contributed by atoms with E-state index < -0.39 is 5.41 Å². The first-order valence-electron chi connectivity index (χ1n) is 6.59. The maximum Gasteiger partial charge on any atom is 0.231 e. The number of benzene rings is 1. The molecule has 0 radical (unpaired) electrons. The van der Waals surface area contributed by atoms with Crippen LogP contribution in [0.4, 0.5) is 5.69 Å². The number of nitrogens with one attached hydrogen (secondary N) is 1. The molecule has 0 aliphatic rings. The standard InChI is InChI=1S/C15H19N3O2/c1-3-15(2,9-16)14(19)18-12-6-4-11(5-7-12)13-8-17-10-20-13/h4-8,10H,3,9,16H2,1-2H3,(H,18,19). The van der Waals surface area contributed by atoms with E-state index in [1.807, 2.05) is 38.1 Å². The van der Waals surface area contributed by atoms with Crippen LogP contribution in [0.5, 0.6) is 0 Å². The third kappa shape index (κ3) is 2.88. The Hall–Kier alpha value is -2.14. The van der Waals surface area contributed by atoms with Gasteiger partial charge in [0.15, 0.2) is 12.2 Å². The molecule has 1 aromatic carbocycles. The Kier molecular flexibility index (Phi) is 4.20. The molecule has 0 saturated heterocycles. The predicted octanol–water partition coefficient (Wildman–Crippen LogP) is 2.66. The second-order valence-corrected chi connectivity index (χ2v) is 5.02. The van der Waals surface area contributed by atoms with E-state index in [4.69, 9.17) is 10.2 Å². The van der Waals surface area contributed by atoms with Gasteiger partial charge in [0.25, 0.3) is 0 Å². The van der Waals surface area contributed by atoms with Crippen molar-refractivity contribution in [3.8, 4) is 11.3 Å². The molecule has 2 rings (SSSR count). The first-order valence-corrected chi connectivity index (χ1v) is 6.59. The fourth-order valence-electron chi connectivity index (χ4n) is 1.76. The molecule has 0 aliphatic carbocycles. The maximum atomic E-state index is 12.2. The molecule has 0 fully saturated rings. The van der Waals surface area contributed by atoms with E-state index in [2.05, 4.69) is 10.3 Å². The second-order valence-electron chi connectivity index (χ2n) is 5.02. The van der Waals surface area contributed by atoms with Gasteiger partial charge in [0.05, 0.1) is 11.6 Å². The lowest BCUT2D eigenvalue weighted by Gasteiger charge is -2.24. The summed E-state index contributed by atoms with van der Waals surface area (Å²) in [6, 6.07) is 7.43. The number of hydrogen-bond acceptors (Lipinski definition) is 4. The van der Waals surface area contributed by atoms with Crippen molar-refractivity contribution in [1.29, 1.82) is 0 Å². The van der Waals surface area contributed by atoms with Gasteiger partial charge in [-0.2, -0.15) is 0 Å². The maximum absolute atomic E-state index is 12.2. The van der Waals surface area contributed by atoms with Gasteiger partial charge in [-0.05, 0) is 37.6 Å². The highest BCUT2D eigenvalue weighted by atomic mass is 16.3. The van der Waals surface area contributed by atoms with Crippen LogP contribution in [0.15, 0.2) is 41.3 Å². The summed E-state index contributed by atoms with van der Waals surface area (Å²) in [5.74, 6) is 0.637. The zero-order valence-corrected chi connectivity index (χ0v) is 11.7. The van der Waals surface area contributed by atoms with Crippen LogP contribution < -0.4 is 11.1 Å². The molecule has 5 heteroatoms. The monoisotopic (exact) mass is 273 g/mol. The van der Waals surface area contributed by atoms with Gasteiger partial charge in [-0.15, -0.1) is 0 Å². The van der Waals surface area contributed by atoms with Crippen molar-refractivity contribution in [1.82, 2.24) is 4.98 Å². The van der Waals surface area contributed by atoms with Gasteiger partial charge in [0.2, 0.25) is 5.91 Å². The molecule has 0 aliphatic heterocycles. The van der Waals surface area contributed by atoms with Crippen LogP contribution in [0, 0.1) is 5.41 Å². The minimum absolute atomic E-state index is 0.0603. The molecule has 1 unspecified atom stereocenters. The molecule has 106 valence electrons. The molecule has 1 amide bonds. The average molecular weight is 273 g/mol. The third-order valence-corrected chi connectivity index (χ3v) is 3.64. The Morgan fingerprint density at radius 3 is 2.60 bits per heavy atom. The summed E-state index contributed by atoms with van der Waals surface area (Å²) in [5, 5.41) is 2.89. The zero-order valence-electron chi connectivity index (χ0n) is 11.7. The summed E-state index contributed by atoms with van der Waals surface area (Å²) in [6.45, 7) is 4.15. The van der Waals surface area contributed by atoms with E-state index >= 15 is 0 Å². The van der Waals surface area contributed by atoms with E-state index in [9.17, 15) is 4.79 Å². The second kappa shape index (κ2) is 5.88. The lowest BCUT2D eigenvalue weighted by molar-refractivity contribution is -0.124. The lowest BCUT2D eigenvalue weighted by Crippen LogP contribution is -2.39. The van der Waals surface area contributed by atoms with Crippen LogP contribution in [-0.2, 0) is 4.79 Å². The SMILES string of the molecule is CCC(C)(CN)C(=O)Nc1ccc(-c2cnco2)cc1. The van der Waals surface area contributed by atoms with Crippen LogP contribution in [-0.4, -0.2) is 17.4 Å². The predicted molar refractivity (Wildman–Crippen MR) is 78.0 cm³/mol. The molecule has 1 aromatic heterocycles. The van der Waals surface area contributed by atoms with E-state index in [-0.39, 0.29) is 5.91 Å². The lowest BCUT2D eigenvalue weighted by atomic mass is 9.86. The number of aromatic nitrogens is 1. The smallest absolute Gasteiger partial charge is 0.231 e. The molecule has 1 heterocycles. The van der Waals surface area contributed by atoms with E-state index in [1.54, 1.807) is 6.20 Å². The Labute approximate surface area is 118 Å². The minimum atomic E-state index is -0.538. The minimum Gasteiger partial charge on any atom is -0.444 e. The van der Waals surface area contributed by atoms with Gasteiger partial charge < -0.3 is 15.5 Å². The van der Waals surface area contributed by atoms with Crippen LogP contribution in [0.1, 0.15) is 20.3 Å². The average Bonchev–Trinajstić information content (AvgIpc) is 3.01. The molecule has 5 nitrogen and oxygen atoms in total. The van der Waals surface area contributed by atoms with E-state index in [0.29, 0.717) is 18.7 Å². The molecule has 20 heavy (non-hydrogen) atoms. The van der Waals surface area contributed by atoms with Gasteiger partial charge >= 0.3 is 0 Å². The summed E-state index contributed by atoms with van der Waals surface area (Å²) in [5.41, 5.74) is 6.80. The molecule has 0 bridgehead atoms. The van der Waals surface area contributed by atoms with Crippen molar-refractivity contribution in [2.75, 3.05) is 11.9 Å². The van der Waals surface area contributed by atoms with Gasteiger partial charge in [-0.25, -0.2) is 4.98 Å². The van der Waals surface area contributed by atoms with Crippen molar-refractivity contribution >= 4 is 11.6 Å². The van der Waals surface area contributed by atoms with Crippen molar-refractivity contribution in [3.05, 3.63) is 36.9 Å². The Bertz CT molecular complexity index is 557. The molecular weight excluding hydrogens is 254 g/mol. The van der Waals surface area contributed by atoms with Crippen LogP contribution in [0.25, 0.3) is 11.3 Å². The topological polar surface area (TPSA) is 81.2 Å². The van der Waals surface area contributed by atoms with Crippen molar-refractivity contribution in [2.45, 2.75) is 20.3 Å². The number of rotatable bonds is 5. The first-order chi connectivity index (χ1) is 9.59. The fraction of sp³-hybridized carbons (Fsp3) is 0.333. The summed E-state index contributed by atoms with van der Waals surface area (Å²) in [7, 11) is 0.